The van der Waals surface area contributed by atoms with Crippen molar-refractivity contribution in [1.82, 2.24) is 4.90 Å². The van der Waals surface area contributed by atoms with Crippen molar-refractivity contribution in [3.63, 3.8) is 0 Å². The van der Waals surface area contributed by atoms with Crippen molar-refractivity contribution in [2.45, 2.75) is 31.3 Å². The summed E-state index contributed by atoms with van der Waals surface area (Å²) in [4.78, 5) is 20.6. The van der Waals surface area contributed by atoms with Gasteiger partial charge in [-0.1, -0.05) is 56.2 Å². The molecule has 1 amide bonds. The molecule has 26 heavy (non-hydrogen) atoms. The number of rotatable bonds is 2. The van der Waals surface area contributed by atoms with Gasteiger partial charge in [-0.3, -0.25) is 14.7 Å². The molecule has 6 heteroatoms. The molecule has 132 valence electrons. The fraction of sp³-hybridized carbons (Fsp3) is 0.250. The van der Waals surface area contributed by atoms with E-state index in [0.29, 0.717) is 10.6 Å². The predicted octanol–water partition coefficient (Wildman–Crippen LogP) is 5.75. The predicted molar refractivity (Wildman–Crippen MR) is 115 cm³/mol. The number of carbonyl (C=O) groups excluding carboxylic acids is 1. The average Bonchev–Trinajstić information content (AvgIpc) is 3.21. The SMILES string of the molecule is O=C(c1ccc(Br)cc1)N1C(=S)C(c2ccc(Br)cc2)=NC12CCCC2. The lowest BCUT2D eigenvalue weighted by Crippen LogP contribution is -2.48. The summed E-state index contributed by atoms with van der Waals surface area (Å²) in [5.41, 5.74) is 1.81. The Labute approximate surface area is 174 Å². The highest BCUT2D eigenvalue weighted by atomic mass is 79.9. The molecule has 0 atom stereocenters. The number of benzene rings is 2. The van der Waals surface area contributed by atoms with Gasteiger partial charge in [0.1, 0.15) is 16.4 Å². The summed E-state index contributed by atoms with van der Waals surface area (Å²) >= 11 is 12.6. The van der Waals surface area contributed by atoms with E-state index in [-0.39, 0.29) is 5.91 Å². The van der Waals surface area contributed by atoms with Crippen molar-refractivity contribution in [3.8, 4) is 0 Å². The Balaban J connectivity index is 1.75. The summed E-state index contributed by atoms with van der Waals surface area (Å²) in [6.45, 7) is 0. The molecule has 4 rings (SSSR count). The molecule has 0 aromatic heterocycles. The second-order valence-electron chi connectivity index (χ2n) is 6.61. The Bertz CT molecular complexity index is 900. The molecule has 3 nitrogen and oxygen atoms in total. The first-order valence-electron chi connectivity index (χ1n) is 8.50. The summed E-state index contributed by atoms with van der Waals surface area (Å²) in [7, 11) is 0. The van der Waals surface area contributed by atoms with Crippen LogP contribution in [0.4, 0.5) is 0 Å². The highest BCUT2D eigenvalue weighted by Gasteiger charge is 2.50. The maximum atomic E-state index is 13.3. The van der Waals surface area contributed by atoms with Crippen LogP contribution in [-0.4, -0.2) is 27.2 Å². The van der Waals surface area contributed by atoms with E-state index in [2.05, 4.69) is 31.9 Å². The minimum absolute atomic E-state index is 0.0692. The molecular weight excluding hydrogens is 476 g/mol. The molecular formula is C20H16Br2N2OS. The van der Waals surface area contributed by atoms with E-state index in [9.17, 15) is 4.79 Å². The van der Waals surface area contributed by atoms with Gasteiger partial charge in [-0.25, -0.2) is 0 Å². The molecule has 0 bridgehead atoms. The Morgan fingerprint density at radius 2 is 1.50 bits per heavy atom. The Kier molecular flexibility index (Phi) is 4.84. The third-order valence-electron chi connectivity index (χ3n) is 4.96. The molecule has 2 aliphatic rings. The first kappa shape index (κ1) is 18.0. The molecule has 0 radical (unpaired) electrons. The van der Waals surface area contributed by atoms with E-state index in [4.69, 9.17) is 17.2 Å². The fourth-order valence-corrected chi connectivity index (χ4v) is 4.62. The maximum absolute atomic E-state index is 13.3. The molecule has 2 aromatic carbocycles. The molecule has 1 heterocycles. The Morgan fingerprint density at radius 3 is 2.08 bits per heavy atom. The number of hydrogen-bond donors (Lipinski definition) is 0. The average molecular weight is 492 g/mol. The van der Waals surface area contributed by atoms with E-state index in [0.717, 1.165) is 45.9 Å². The van der Waals surface area contributed by atoms with Crippen LogP contribution >= 0.6 is 44.1 Å². The highest BCUT2D eigenvalue weighted by Crippen LogP contribution is 2.42. The summed E-state index contributed by atoms with van der Waals surface area (Å²) < 4.78 is 1.95. The zero-order valence-electron chi connectivity index (χ0n) is 13.9. The van der Waals surface area contributed by atoms with Crippen molar-refractivity contribution in [2.75, 3.05) is 0 Å². The van der Waals surface area contributed by atoms with Gasteiger partial charge in [0.25, 0.3) is 5.91 Å². The molecule has 1 aliphatic heterocycles. The van der Waals surface area contributed by atoms with Crippen LogP contribution in [0.15, 0.2) is 62.5 Å². The third kappa shape index (κ3) is 3.08. The van der Waals surface area contributed by atoms with Crippen LogP contribution in [-0.2, 0) is 0 Å². The molecule has 1 spiro atoms. The van der Waals surface area contributed by atoms with Gasteiger partial charge in [0.05, 0.1) is 0 Å². The van der Waals surface area contributed by atoms with Crippen molar-refractivity contribution in [2.24, 2.45) is 4.99 Å². The van der Waals surface area contributed by atoms with Crippen LogP contribution in [0.5, 0.6) is 0 Å². The topological polar surface area (TPSA) is 32.7 Å². The highest BCUT2D eigenvalue weighted by molar-refractivity contribution is 9.10. The third-order valence-corrected chi connectivity index (χ3v) is 6.39. The van der Waals surface area contributed by atoms with E-state index in [1.54, 1.807) is 4.90 Å². The molecule has 1 fully saturated rings. The van der Waals surface area contributed by atoms with Crippen LogP contribution in [0.25, 0.3) is 0 Å². The summed E-state index contributed by atoms with van der Waals surface area (Å²) in [5.74, 6) is -0.0692. The lowest BCUT2D eigenvalue weighted by Gasteiger charge is -2.32. The standard InChI is InChI=1S/C20H16Br2N2OS/c21-15-7-3-13(4-8-15)17-19(26)24(20(23-17)11-1-2-12-20)18(25)14-5-9-16(22)10-6-14/h3-10H,1-2,11-12H2. The van der Waals surface area contributed by atoms with E-state index >= 15 is 0 Å². The summed E-state index contributed by atoms with van der Waals surface area (Å²) in [6.07, 6.45) is 3.83. The number of nitrogens with zero attached hydrogens (tertiary/aromatic N) is 2. The normalized spacial score (nSPS) is 18.5. The number of aliphatic imine (C=N–C) groups is 1. The minimum Gasteiger partial charge on any atom is -0.271 e. The Morgan fingerprint density at radius 1 is 0.962 bits per heavy atom. The van der Waals surface area contributed by atoms with Crippen molar-refractivity contribution < 1.29 is 4.79 Å². The first-order valence-corrected chi connectivity index (χ1v) is 10.5. The van der Waals surface area contributed by atoms with Gasteiger partial charge in [-0.05, 0) is 62.1 Å². The van der Waals surface area contributed by atoms with Gasteiger partial charge in [0.15, 0.2) is 0 Å². The first-order chi connectivity index (χ1) is 12.5. The quantitative estimate of drug-likeness (QED) is 0.500. The fourth-order valence-electron chi connectivity index (χ4n) is 3.68. The monoisotopic (exact) mass is 490 g/mol. The zero-order chi connectivity index (χ0) is 18.3. The second kappa shape index (κ2) is 6.98. The number of carbonyl (C=O) groups is 1. The van der Waals surface area contributed by atoms with Crippen molar-refractivity contribution in [3.05, 3.63) is 68.6 Å². The van der Waals surface area contributed by atoms with Crippen molar-refractivity contribution >= 4 is 60.7 Å². The number of thiocarbonyl (C=S) groups is 1. The van der Waals surface area contributed by atoms with Gasteiger partial charge in [0.2, 0.25) is 0 Å². The molecule has 0 saturated heterocycles. The summed E-state index contributed by atoms with van der Waals surface area (Å²) in [6, 6.07) is 15.3. The van der Waals surface area contributed by atoms with Gasteiger partial charge in [-0.15, -0.1) is 0 Å². The number of hydrogen-bond acceptors (Lipinski definition) is 3. The van der Waals surface area contributed by atoms with Gasteiger partial charge in [-0.2, -0.15) is 0 Å². The van der Waals surface area contributed by atoms with Gasteiger partial charge < -0.3 is 0 Å². The van der Waals surface area contributed by atoms with Crippen LogP contribution in [0.2, 0.25) is 0 Å². The zero-order valence-corrected chi connectivity index (χ0v) is 17.9. The largest absolute Gasteiger partial charge is 0.271 e. The molecule has 2 aromatic rings. The van der Waals surface area contributed by atoms with Crippen molar-refractivity contribution in [1.29, 1.82) is 0 Å². The van der Waals surface area contributed by atoms with E-state index < -0.39 is 5.66 Å². The molecule has 1 aliphatic carbocycles. The lowest BCUT2D eigenvalue weighted by atomic mass is 10.1. The maximum Gasteiger partial charge on any atom is 0.260 e. The smallest absolute Gasteiger partial charge is 0.260 e. The van der Waals surface area contributed by atoms with Crippen LogP contribution < -0.4 is 0 Å². The number of amides is 1. The van der Waals surface area contributed by atoms with Crippen LogP contribution in [0, 0.1) is 0 Å². The van der Waals surface area contributed by atoms with Gasteiger partial charge in [0, 0.05) is 20.1 Å². The molecule has 0 unspecified atom stereocenters. The van der Waals surface area contributed by atoms with Gasteiger partial charge >= 0.3 is 0 Å². The summed E-state index contributed by atoms with van der Waals surface area (Å²) in [5, 5.41) is 0. The number of halogens is 2. The molecule has 1 saturated carbocycles. The van der Waals surface area contributed by atoms with E-state index in [1.807, 2.05) is 48.5 Å². The molecule has 0 N–H and O–H groups in total. The minimum atomic E-state index is -0.524. The van der Waals surface area contributed by atoms with Crippen LogP contribution in [0.1, 0.15) is 41.6 Å². The second-order valence-corrected chi connectivity index (χ2v) is 8.83. The van der Waals surface area contributed by atoms with Crippen LogP contribution in [0.3, 0.4) is 0 Å². The Hall–Kier alpha value is -1.37. The van der Waals surface area contributed by atoms with E-state index in [1.165, 1.54) is 0 Å². The lowest BCUT2D eigenvalue weighted by molar-refractivity contribution is 0.0724.